The Morgan fingerprint density at radius 1 is 1.14 bits per heavy atom. The quantitative estimate of drug-likeness (QED) is 0.335. The Morgan fingerprint density at radius 2 is 1.81 bits per heavy atom. The van der Waals surface area contributed by atoms with E-state index in [0.717, 1.165) is 37.7 Å². The number of nitro groups is 1. The summed E-state index contributed by atoms with van der Waals surface area (Å²) in [4.78, 5) is 10.6. The highest BCUT2D eigenvalue weighted by Crippen LogP contribution is 2.36. The van der Waals surface area contributed by atoms with Crippen molar-refractivity contribution in [3.05, 3.63) is 21.8 Å². The van der Waals surface area contributed by atoms with E-state index in [1.54, 1.807) is 0 Å². The van der Waals surface area contributed by atoms with E-state index >= 15 is 0 Å². The summed E-state index contributed by atoms with van der Waals surface area (Å²) in [6, 6.07) is 1.87. The molecule has 2 saturated carbocycles. The lowest BCUT2D eigenvalue weighted by atomic mass is 9.79. The molecule has 6 heteroatoms. The minimum Gasteiger partial charge on any atom is -0.264 e. The Kier molecular flexibility index (Phi) is 5.89. The van der Waals surface area contributed by atoms with Gasteiger partial charge in [0.25, 0.3) is 0 Å². The summed E-state index contributed by atoms with van der Waals surface area (Å²) in [5.74, 6) is 0.485. The van der Waals surface area contributed by atoms with Gasteiger partial charge in [0.1, 0.15) is 0 Å². The Balaban J connectivity index is 1.96. The zero-order valence-electron chi connectivity index (χ0n) is 11.9. The fourth-order valence-electron chi connectivity index (χ4n) is 3.38. The maximum Gasteiger partial charge on any atom is 0.213 e. The van der Waals surface area contributed by atoms with Crippen molar-refractivity contribution in [2.45, 2.75) is 61.7 Å². The molecule has 0 aromatic rings. The Bertz CT molecular complexity index is 453. The van der Waals surface area contributed by atoms with Gasteiger partial charge in [-0.1, -0.05) is 6.08 Å². The summed E-state index contributed by atoms with van der Waals surface area (Å²) >= 11 is 12.3. The average molecular weight is 331 g/mol. The first kappa shape index (κ1) is 16.6. The van der Waals surface area contributed by atoms with Crippen LogP contribution < -0.4 is 0 Å². The molecular weight excluding hydrogens is 311 g/mol. The van der Waals surface area contributed by atoms with E-state index in [1.165, 1.54) is 0 Å². The zero-order chi connectivity index (χ0) is 15.4. The summed E-state index contributed by atoms with van der Waals surface area (Å²) in [6.45, 7) is 0. The van der Waals surface area contributed by atoms with Crippen LogP contribution in [0.25, 0.3) is 0 Å². The summed E-state index contributed by atoms with van der Waals surface area (Å²) in [6.07, 6.45) is 7.32. The molecule has 0 aromatic heterocycles. The SMILES string of the molecule is N#C/C(=C\[C@H]1CC[C@H](Cl)[C@H](Cl)C1)C1CCC([N+](=O)[O-])CC1. The van der Waals surface area contributed by atoms with Crippen LogP contribution in [0.5, 0.6) is 0 Å². The minimum absolute atomic E-state index is 0.0254. The van der Waals surface area contributed by atoms with Crippen LogP contribution in [-0.4, -0.2) is 21.7 Å². The van der Waals surface area contributed by atoms with Crippen LogP contribution in [0.2, 0.25) is 0 Å². The lowest BCUT2D eigenvalue weighted by Crippen LogP contribution is -2.27. The van der Waals surface area contributed by atoms with Crippen molar-refractivity contribution >= 4 is 23.2 Å². The van der Waals surface area contributed by atoms with Gasteiger partial charge in [0, 0.05) is 28.7 Å². The minimum atomic E-state index is -0.430. The molecule has 21 heavy (non-hydrogen) atoms. The second-order valence-corrected chi connectivity index (χ2v) is 7.25. The molecule has 3 atom stereocenters. The van der Waals surface area contributed by atoms with E-state index in [4.69, 9.17) is 23.2 Å². The maximum absolute atomic E-state index is 10.8. The lowest BCUT2D eigenvalue weighted by Gasteiger charge is -2.29. The first-order valence-electron chi connectivity index (χ1n) is 7.54. The van der Waals surface area contributed by atoms with Crippen molar-refractivity contribution in [2.75, 3.05) is 0 Å². The smallest absolute Gasteiger partial charge is 0.213 e. The largest absolute Gasteiger partial charge is 0.264 e. The number of allylic oxidation sites excluding steroid dienone is 2. The number of rotatable bonds is 3. The molecule has 2 fully saturated rings. The third-order valence-corrected chi connectivity index (χ3v) is 5.85. The molecule has 0 amide bonds. The summed E-state index contributed by atoms with van der Waals surface area (Å²) in [5, 5.41) is 20.2. The van der Waals surface area contributed by atoms with Crippen LogP contribution in [0.1, 0.15) is 44.9 Å². The van der Waals surface area contributed by atoms with Crippen molar-refractivity contribution in [3.63, 3.8) is 0 Å². The number of nitrogens with zero attached hydrogens (tertiary/aromatic N) is 2. The van der Waals surface area contributed by atoms with Gasteiger partial charge in [0.15, 0.2) is 0 Å². The molecule has 0 N–H and O–H groups in total. The van der Waals surface area contributed by atoms with Crippen molar-refractivity contribution in [2.24, 2.45) is 11.8 Å². The van der Waals surface area contributed by atoms with Gasteiger partial charge in [-0.15, -0.1) is 23.2 Å². The Hall–Kier alpha value is -0.790. The monoisotopic (exact) mass is 330 g/mol. The zero-order valence-corrected chi connectivity index (χ0v) is 13.4. The molecule has 0 spiro atoms. The first-order valence-corrected chi connectivity index (χ1v) is 8.42. The molecule has 0 heterocycles. The van der Waals surface area contributed by atoms with Crippen LogP contribution in [0.4, 0.5) is 0 Å². The van der Waals surface area contributed by atoms with Crippen molar-refractivity contribution in [1.29, 1.82) is 5.26 Å². The van der Waals surface area contributed by atoms with E-state index in [1.807, 2.05) is 0 Å². The summed E-state index contributed by atoms with van der Waals surface area (Å²) < 4.78 is 0. The molecule has 2 aliphatic carbocycles. The molecule has 116 valence electrons. The van der Waals surface area contributed by atoms with Crippen LogP contribution in [0.15, 0.2) is 11.6 Å². The number of halogens is 2. The number of alkyl halides is 2. The van der Waals surface area contributed by atoms with Gasteiger partial charge < -0.3 is 0 Å². The average Bonchev–Trinajstić information content (AvgIpc) is 2.48. The molecule has 0 radical (unpaired) electrons. The van der Waals surface area contributed by atoms with Gasteiger partial charge >= 0.3 is 0 Å². The lowest BCUT2D eigenvalue weighted by molar-refractivity contribution is -0.526. The fraction of sp³-hybridized carbons (Fsp3) is 0.800. The molecular formula is C15H20Cl2N2O2. The third kappa shape index (κ3) is 4.34. The molecule has 0 aliphatic heterocycles. The van der Waals surface area contributed by atoms with Crippen LogP contribution in [0, 0.1) is 33.3 Å². The molecule has 4 nitrogen and oxygen atoms in total. The molecule has 2 rings (SSSR count). The standard InChI is InChI=1S/C15H20Cl2N2O2/c16-14-6-1-10(8-15(14)17)7-12(9-18)11-2-4-13(5-3-11)19(20)21/h7,10-11,13-15H,1-6,8H2/b12-7+/t10-,11?,13?,14+,15-/m1/s1. The number of hydrogen-bond donors (Lipinski definition) is 0. The number of hydrogen-bond acceptors (Lipinski definition) is 3. The van der Waals surface area contributed by atoms with E-state index in [9.17, 15) is 15.4 Å². The second kappa shape index (κ2) is 7.47. The highest BCUT2D eigenvalue weighted by Gasteiger charge is 2.31. The normalized spacial score (nSPS) is 37.8. The molecule has 0 unspecified atom stereocenters. The third-order valence-electron chi connectivity index (χ3n) is 4.71. The molecule has 0 saturated heterocycles. The predicted octanol–water partition coefficient (Wildman–Crippen LogP) is 4.29. The van der Waals surface area contributed by atoms with Crippen molar-refractivity contribution in [3.8, 4) is 6.07 Å². The summed E-state index contributed by atoms with van der Waals surface area (Å²) in [7, 11) is 0. The Labute approximate surface area is 135 Å². The second-order valence-electron chi connectivity index (χ2n) is 6.13. The summed E-state index contributed by atoms with van der Waals surface area (Å²) in [5.41, 5.74) is 0.790. The van der Waals surface area contributed by atoms with Gasteiger partial charge in [0.05, 0.1) is 11.4 Å². The van der Waals surface area contributed by atoms with E-state index in [2.05, 4.69) is 12.1 Å². The molecule has 2 aliphatic rings. The van der Waals surface area contributed by atoms with Crippen molar-refractivity contribution < 1.29 is 4.92 Å². The van der Waals surface area contributed by atoms with Crippen LogP contribution in [0.3, 0.4) is 0 Å². The highest BCUT2D eigenvalue weighted by atomic mass is 35.5. The van der Waals surface area contributed by atoms with E-state index in [0.29, 0.717) is 18.8 Å². The highest BCUT2D eigenvalue weighted by molar-refractivity contribution is 6.30. The number of nitriles is 1. The van der Waals surface area contributed by atoms with Crippen LogP contribution in [-0.2, 0) is 0 Å². The van der Waals surface area contributed by atoms with Gasteiger partial charge in [-0.2, -0.15) is 5.26 Å². The predicted molar refractivity (Wildman–Crippen MR) is 83.1 cm³/mol. The maximum atomic E-state index is 10.8. The molecule has 0 aromatic carbocycles. The molecule has 0 bridgehead atoms. The van der Waals surface area contributed by atoms with Gasteiger partial charge in [-0.05, 0) is 43.9 Å². The van der Waals surface area contributed by atoms with E-state index in [-0.39, 0.29) is 21.6 Å². The van der Waals surface area contributed by atoms with Gasteiger partial charge in [0.2, 0.25) is 6.04 Å². The van der Waals surface area contributed by atoms with Gasteiger partial charge in [-0.3, -0.25) is 10.1 Å². The first-order chi connectivity index (χ1) is 10.0. The topological polar surface area (TPSA) is 66.9 Å². The fourth-order valence-corrected chi connectivity index (χ4v) is 3.96. The van der Waals surface area contributed by atoms with Crippen LogP contribution >= 0.6 is 23.2 Å². The van der Waals surface area contributed by atoms with Crippen molar-refractivity contribution in [1.82, 2.24) is 0 Å². The van der Waals surface area contributed by atoms with E-state index < -0.39 is 6.04 Å². The Morgan fingerprint density at radius 3 is 2.33 bits per heavy atom. The van der Waals surface area contributed by atoms with Gasteiger partial charge in [-0.25, -0.2) is 0 Å².